The third kappa shape index (κ3) is 3.80. The van der Waals surface area contributed by atoms with Crippen LogP contribution < -0.4 is 11.1 Å². The van der Waals surface area contributed by atoms with Crippen molar-refractivity contribution < 1.29 is 23.9 Å². The first-order valence-corrected chi connectivity index (χ1v) is 4.85. The summed E-state index contributed by atoms with van der Waals surface area (Å²) in [7, 11) is 0. The second kappa shape index (κ2) is 5.35. The zero-order chi connectivity index (χ0) is 13.0. The molecule has 0 radical (unpaired) electrons. The van der Waals surface area contributed by atoms with Gasteiger partial charge in [-0.2, -0.15) is 0 Å². The van der Waals surface area contributed by atoms with Gasteiger partial charge in [0.1, 0.15) is 6.04 Å². The number of primary amides is 1. The van der Waals surface area contributed by atoms with E-state index in [1.54, 1.807) is 0 Å². The van der Waals surface area contributed by atoms with Crippen molar-refractivity contribution in [2.24, 2.45) is 5.73 Å². The quantitative estimate of drug-likeness (QED) is 0.687. The Bertz CT molecular complexity index is 456. The van der Waals surface area contributed by atoms with Gasteiger partial charge >= 0.3 is 5.97 Å². The van der Waals surface area contributed by atoms with Crippen LogP contribution in [0.3, 0.4) is 0 Å². The van der Waals surface area contributed by atoms with Gasteiger partial charge in [0.25, 0.3) is 5.91 Å². The number of carbonyl (C=O) groups is 3. The molecular weight excluding hydrogens is 252 g/mol. The predicted molar refractivity (Wildman–Crippen MR) is 56.4 cm³/mol. The minimum Gasteiger partial charge on any atom is -0.480 e. The van der Waals surface area contributed by atoms with Crippen LogP contribution in [0.4, 0.5) is 0 Å². The highest BCUT2D eigenvalue weighted by molar-refractivity contribution is 6.29. The Morgan fingerprint density at radius 2 is 2.12 bits per heavy atom. The van der Waals surface area contributed by atoms with Crippen LogP contribution in [0.15, 0.2) is 16.5 Å². The molecule has 0 saturated carbocycles. The summed E-state index contributed by atoms with van der Waals surface area (Å²) < 4.78 is 4.78. The van der Waals surface area contributed by atoms with Crippen LogP contribution in [-0.2, 0) is 9.59 Å². The Labute approximate surface area is 101 Å². The lowest BCUT2D eigenvalue weighted by molar-refractivity contribution is -0.140. The standard InChI is InChI=1S/C9H9ClN2O5/c10-6-2-1-5(17-6)8(14)12-4(9(15)16)3-7(11)13/h1-2,4H,3H2,(H2,11,13)(H,12,14)(H,15,16). The number of carboxylic acids is 1. The van der Waals surface area contributed by atoms with Crippen molar-refractivity contribution in [2.45, 2.75) is 12.5 Å². The lowest BCUT2D eigenvalue weighted by atomic mass is 10.2. The first kappa shape index (κ1) is 13.0. The van der Waals surface area contributed by atoms with Gasteiger partial charge in [-0.25, -0.2) is 4.79 Å². The highest BCUT2D eigenvalue weighted by Crippen LogP contribution is 2.13. The molecule has 0 fully saturated rings. The van der Waals surface area contributed by atoms with Crippen molar-refractivity contribution in [1.82, 2.24) is 5.32 Å². The van der Waals surface area contributed by atoms with Gasteiger partial charge in [-0.1, -0.05) is 0 Å². The monoisotopic (exact) mass is 260 g/mol. The lowest BCUT2D eigenvalue weighted by Gasteiger charge is -2.11. The maximum absolute atomic E-state index is 11.5. The van der Waals surface area contributed by atoms with E-state index in [0.29, 0.717) is 0 Å². The van der Waals surface area contributed by atoms with Gasteiger partial charge < -0.3 is 20.6 Å². The number of hydrogen-bond acceptors (Lipinski definition) is 4. The molecule has 0 bridgehead atoms. The number of hydrogen-bond donors (Lipinski definition) is 3. The Morgan fingerprint density at radius 3 is 2.53 bits per heavy atom. The van der Waals surface area contributed by atoms with Crippen molar-refractivity contribution in [1.29, 1.82) is 0 Å². The molecule has 0 aliphatic carbocycles. The van der Waals surface area contributed by atoms with E-state index in [0.717, 1.165) is 0 Å². The Kier molecular flexibility index (Phi) is 4.11. The van der Waals surface area contributed by atoms with Crippen molar-refractivity contribution >= 4 is 29.4 Å². The molecule has 1 rings (SSSR count). The van der Waals surface area contributed by atoms with Crippen molar-refractivity contribution in [2.75, 3.05) is 0 Å². The van der Waals surface area contributed by atoms with Gasteiger partial charge in [0.05, 0.1) is 6.42 Å². The van der Waals surface area contributed by atoms with Gasteiger partial charge in [-0.15, -0.1) is 0 Å². The average molecular weight is 261 g/mol. The number of aliphatic carboxylic acids is 1. The number of carboxylic acid groups (broad SMARTS) is 1. The summed E-state index contributed by atoms with van der Waals surface area (Å²) in [6, 6.07) is 1.21. The van der Waals surface area contributed by atoms with E-state index in [1.165, 1.54) is 12.1 Å². The number of carbonyl (C=O) groups excluding carboxylic acids is 2. The van der Waals surface area contributed by atoms with Gasteiger partial charge in [-0.05, 0) is 23.7 Å². The Balaban J connectivity index is 2.70. The molecule has 1 unspecified atom stereocenters. The van der Waals surface area contributed by atoms with Gasteiger partial charge in [-0.3, -0.25) is 9.59 Å². The zero-order valence-corrected chi connectivity index (χ0v) is 9.23. The van der Waals surface area contributed by atoms with Gasteiger partial charge in [0, 0.05) is 0 Å². The maximum Gasteiger partial charge on any atom is 0.326 e. The lowest BCUT2D eigenvalue weighted by Crippen LogP contribution is -2.43. The van der Waals surface area contributed by atoms with Crippen LogP contribution in [-0.4, -0.2) is 28.9 Å². The first-order chi connectivity index (χ1) is 7.90. The summed E-state index contributed by atoms with van der Waals surface area (Å²) in [6.07, 6.45) is -0.504. The largest absolute Gasteiger partial charge is 0.480 e. The third-order valence-electron chi connectivity index (χ3n) is 1.81. The average Bonchev–Trinajstić information content (AvgIpc) is 2.63. The first-order valence-electron chi connectivity index (χ1n) is 4.47. The molecule has 0 spiro atoms. The van der Waals surface area contributed by atoms with Gasteiger partial charge in [0.2, 0.25) is 5.91 Å². The number of nitrogens with two attached hydrogens (primary N) is 1. The topological polar surface area (TPSA) is 123 Å². The molecular formula is C9H9ClN2O5. The second-order valence-corrected chi connectivity index (χ2v) is 3.51. The molecule has 8 heteroatoms. The summed E-state index contributed by atoms with van der Waals surface area (Å²) in [5, 5.41) is 10.8. The molecule has 92 valence electrons. The van der Waals surface area contributed by atoms with E-state index in [2.05, 4.69) is 5.32 Å². The molecule has 4 N–H and O–H groups in total. The van der Waals surface area contributed by atoms with Crippen LogP contribution >= 0.6 is 11.6 Å². The Hall–Kier alpha value is -2.02. The Morgan fingerprint density at radius 1 is 1.47 bits per heavy atom. The normalized spacial score (nSPS) is 11.8. The number of furan rings is 1. The fraction of sp³-hybridized carbons (Fsp3) is 0.222. The summed E-state index contributed by atoms with van der Waals surface area (Å²) in [6.45, 7) is 0. The van der Waals surface area contributed by atoms with Crippen LogP contribution in [0, 0.1) is 0 Å². The van der Waals surface area contributed by atoms with E-state index in [9.17, 15) is 14.4 Å². The van der Waals surface area contributed by atoms with Crippen LogP contribution in [0.25, 0.3) is 0 Å². The molecule has 0 saturated heterocycles. The SMILES string of the molecule is NC(=O)CC(NC(=O)c1ccc(Cl)o1)C(=O)O. The molecule has 0 aliphatic rings. The highest BCUT2D eigenvalue weighted by atomic mass is 35.5. The third-order valence-corrected chi connectivity index (χ3v) is 2.01. The van der Waals surface area contributed by atoms with E-state index in [1.807, 2.05) is 0 Å². The summed E-state index contributed by atoms with van der Waals surface area (Å²) in [4.78, 5) is 32.8. The molecule has 2 amide bonds. The van der Waals surface area contributed by atoms with E-state index >= 15 is 0 Å². The van der Waals surface area contributed by atoms with Crippen LogP contribution in [0.1, 0.15) is 17.0 Å². The molecule has 7 nitrogen and oxygen atoms in total. The number of halogens is 1. The smallest absolute Gasteiger partial charge is 0.326 e. The van der Waals surface area contributed by atoms with Crippen LogP contribution in [0.2, 0.25) is 5.22 Å². The fourth-order valence-electron chi connectivity index (χ4n) is 1.07. The van der Waals surface area contributed by atoms with Crippen molar-refractivity contribution in [3.05, 3.63) is 23.1 Å². The molecule has 1 heterocycles. The molecule has 1 aromatic rings. The predicted octanol–water partition coefficient (Wildman–Crippen LogP) is -0.00860. The molecule has 1 aromatic heterocycles. The highest BCUT2D eigenvalue weighted by Gasteiger charge is 2.23. The minimum absolute atomic E-state index is 0.00285. The molecule has 0 aliphatic heterocycles. The van der Waals surface area contributed by atoms with E-state index in [-0.39, 0.29) is 11.0 Å². The molecule has 0 aromatic carbocycles. The summed E-state index contributed by atoms with van der Waals surface area (Å²) in [5.41, 5.74) is 4.85. The minimum atomic E-state index is -1.40. The van der Waals surface area contributed by atoms with Crippen LogP contribution in [0.5, 0.6) is 0 Å². The second-order valence-electron chi connectivity index (χ2n) is 3.14. The molecule has 1 atom stereocenters. The van der Waals surface area contributed by atoms with Crippen molar-refractivity contribution in [3.63, 3.8) is 0 Å². The number of nitrogens with one attached hydrogen (secondary N) is 1. The van der Waals surface area contributed by atoms with E-state index in [4.69, 9.17) is 26.9 Å². The van der Waals surface area contributed by atoms with Gasteiger partial charge in [0.15, 0.2) is 11.0 Å². The maximum atomic E-state index is 11.5. The fourth-order valence-corrected chi connectivity index (χ4v) is 1.21. The summed E-state index contributed by atoms with van der Waals surface area (Å²) in [5.74, 6) is -3.14. The number of amides is 2. The number of rotatable bonds is 5. The molecule has 17 heavy (non-hydrogen) atoms. The summed E-state index contributed by atoms with van der Waals surface area (Å²) >= 11 is 5.45. The van der Waals surface area contributed by atoms with Crippen molar-refractivity contribution in [3.8, 4) is 0 Å². The van der Waals surface area contributed by atoms with E-state index < -0.39 is 30.2 Å². The zero-order valence-electron chi connectivity index (χ0n) is 8.47.